The van der Waals surface area contributed by atoms with Crippen molar-refractivity contribution in [2.24, 2.45) is 0 Å². The summed E-state index contributed by atoms with van der Waals surface area (Å²) >= 11 is 0. The van der Waals surface area contributed by atoms with Crippen molar-refractivity contribution in [3.63, 3.8) is 0 Å². The monoisotopic (exact) mass is 1030 g/mol. The molecule has 3 unspecified atom stereocenters. The summed E-state index contributed by atoms with van der Waals surface area (Å²) in [6, 6.07) is 0. The minimum Gasteiger partial charge on any atom is -0.462 e. The minimum atomic E-state index is -4.77. The summed E-state index contributed by atoms with van der Waals surface area (Å²) in [5, 5.41) is 9.80. The average molecular weight is 1030 g/mol. The van der Waals surface area contributed by atoms with E-state index in [9.17, 15) is 28.9 Å². The highest BCUT2D eigenvalue weighted by molar-refractivity contribution is 7.47. The molecule has 0 fully saturated rings. The summed E-state index contributed by atoms with van der Waals surface area (Å²) in [7, 11) is -4.77. The lowest BCUT2D eigenvalue weighted by Gasteiger charge is -2.21. The van der Waals surface area contributed by atoms with Gasteiger partial charge in [0.25, 0.3) is 0 Å². The highest BCUT2D eigenvalue weighted by atomic mass is 31.2. The van der Waals surface area contributed by atoms with E-state index in [0.29, 0.717) is 19.3 Å². The van der Waals surface area contributed by atoms with Crippen LogP contribution in [0.3, 0.4) is 0 Å². The number of phosphoric acid groups is 1. The Hall–Kier alpha value is -3.08. The molecule has 0 aromatic heterocycles. The topological polar surface area (TPSA) is 155 Å². The third kappa shape index (κ3) is 51.8. The lowest BCUT2D eigenvalue weighted by atomic mass is 10.0. The second-order valence-corrected chi connectivity index (χ2v) is 20.5. The Morgan fingerprint density at radius 2 is 0.778 bits per heavy atom. The number of aliphatic hydroxyl groups is 1. The fourth-order valence-electron chi connectivity index (χ4n) is 7.78. The molecule has 0 aliphatic heterocycles. The first-order valence-electron chi connectivity index (χ1n) is 28.8. The number of hydrogen-bond donors (Lipinski definition) is 2. The Bertz CT molecular complexity index is 1490. The molecular weight excluding hydrogens is 928 g/mol. The van der Waals surface area contributed by atoms with Gasteiger partial charge in [-0.25, -0.2) is 4.57 Å². The maximum atomic E-state index is 12.9. The van der Waals surface area contributed by atoms with Crippen LogP contribution in [0.25, 0.3) is 0 Å². The Kier molecular flexibility index (Phi) is 51.9. The zero-order valence-corrected chi connectivity index (χ0v) is 46.8. The SMILES string of the molecule is CC/C=C\C/C=C\C/C=C\C/C=C\C/C=C\CC(=O)OC(COC(=O)CCCCCCCCCCCCCCCCCCC)COP(=O)(O)OCC(CO)OC(=O)CCCCCCC/C=C\CCCCCC. The van der Waals surface area contributed by atoms with Gasteiger partial charge >= 0.3 is 25.7 Å². The number of rotatable bonds is 53. The van der Waals surface area contributed by atoms with Crippen LogP contribution in [0.5, 0.6) is 0 Å². The highest BCUT2D eigenvalue weighted by Crippen LogP contribution is 2.43. The van der Waals surface area contributed by atoms with Crippen LogP contribution in [-0.4, -0.2) is 66.5 Å². The molecule has 11 nitrogen and oxygen atoms in total. The van der Waals surface area contributed by atoms with Crippen molar-refractivity contribution in [1.82, 2.24) is 0 Å². The van der Waals surface area contributed by atoms with Crippen molar-refractivity contribution in [3.05, 3.63) is 72.9 Å². The lowest BCUT2D eigenvalue weighted by molar-refractivity contribution is -0.160. The van der Waals surface area contributed by atoms with Gasteiger partial charge in [-0.1, -0.05) is 235 Å². The summed E-state index contributed by atoms with van der Waals surface area (Å²) in [5.41, 5.74) is 0. The number of unbranched alkanes of at least 4 members (excludes halogenated alkanes) is 25. The lowest BCUT2D eigenvalue weighted by Crippen LogP contribution is -2.30. The molecule has 12 heteroatoms. The zero-order chi connectivity index (χ0) is 52.7. The largest absolute Gasteiger partial charge is 0.472 e. The van der Waals surface area contributed by atoms with Crippen LogP contribution in [0.4, 0.5) is 0 Å². The van der Waals surface area contributed by atoms with E-state index in [1.165, 1.54) is 109 Å². The van der Waals surface area contributed by atoms with Gasteiger partial charge in [0.2, 0.25) is 0 Å². The summed E-state index contributed by atoms with van der Waals surface area (Å²) in [4.78, 5) is 48.4. The van der Waals surface area contributed by atoms with E-state index in [4.69, 9.17) is 23.3 Å². The van der Waals surface area contributed by atoms with E-state index < -0.39 is 57.8 Å². The Balaban J connectivity index is 4.81. The second-order valence-electron chi connectivity index (χ2n) is 19.1. The molecule has 0 aromatic rings. The summed E-state index contributed by atoms with van der Waals surface area (Å²) in [5.74, 6) is -1.62. The van der Waals surface area contributed by atoms with Crippen molar-refractivity contribution in [2.75, 3.05) is 26.4 Å². The smallest absolute Gasteiger partial charge is 0.462 e. The molecule has 0 bridgehead atoms. The Labute approximate surface area is 439 Å². The van der Waals surface area contributed by atoms with Crippen LogP contribution in [-0.2, 0) is 42.2 Å². The summed E-state index contributed by atoms with van der Waals surface area (Å²) in [6.07, 6.45) is 60.4. The Morgan fingerprint density at radius 1 is 0.417 bits per heavy atom. The van der Waals surface area contributed by atoms with Gasteiger partial charge in [0.1, 0.15) is 12.7 Å². The molecule has 3 atom stereocenters. The van der Waals surface area contributed by atoms with Crippen LogP contribution in [0.2, 0.25) is 0 Å². The maximum absolute atomic E-state index is 12.9. The third-order valence-corrected chi connectivity index (χ3v) is 13.1. The number of esters is 3. The number of phosphoric ester groups is 1. The van der Waals surface area contributed by atoms with E-state index >= 15 is 0 Å². The highest BCUT2D eigenvalue weighted by Gasteiger charge is 2.28. The first-order valence-corrected chi connectivity index (χ1v) is 30.3. The third-order valence-electron chi connectivity index (χ3n) is 12.1. The summed E-state index contributed by atoms with van der Waals surface area (Å²) in [6.45, 7) is 4.41. The van der Waals surface area contributed by atoms with Gasteiger partial charge in [-0.3, -0.25) is 23.4 Å². The molecule has 0 rings (SSSR count). The van der Waals surface area contributed by atoms with Crippen LogP contribution in [0.1, 0.15) is 252 Å². The molecule has 0 radical (unpaired) electrons. The molecule has 0 saturated carbocycles. The van der Waals surface area contributed by atoms with E-state index in [2.05, 4.69) is 75.5 Å². The average Bonchev–Trinajstić information content (AvgIpc) is 3.37. The molecular formula is C60H105O11P. The first-order chi connectivity index (χ1) is 35.2. The van der Waals surface area contributed by atoms with E-state index in [1.54, 1.807) is 6.08 Å². The van der Waals surface area contributed by atoms with Gasteiger partial charge in [-0.15, -0.1) is 0 Å². The summed E-state index contributed by atoms with van der Waals surface area (Å²) < 4.78 is 39.4. The number of carbonyl (C=O) groups is 3. The number of hydrogen-bond acceptors (Lipinski definition) is 10. The van der Waals surface area contributed by atoms with Gasteiger partial charge in [0, 0.05) is 12.8 Å². The molecule has 0 aromatic carbocycles. The van der Waals surface area contributed by atoms with E-state index in [0.717, 1.165) is 83.5 Å². The van der Waals surface area contributed by atoms with Crippen molar-refractivity contribution in [1.29, 1.82) is 0 Å². The van der Waals surface area contributed by atoms with Crippen LogP contribution < -0.4 is 0 Å². The number of aliphatic hydroxyl groups excluding tert-OH is 1. The normalized spacial score (nSPS) is 13.9. The van der Waals surface area contributed by atoms with Gasteiger partial charge < -0.3 is 24.2 Å². The predicted molar refractivity (Wildman–Crippen MR) is 298 cm³/mol. The molecule has 0 aliphatic carbocycles. The zero-order valence-electron chi connectivity index (χ0n) is 45.9. The van der Waals surface area contributed by atoms with Gasteiger partial charge in [-0.2, -0.15) is 0 Å². The number of allylic oxidation sites excluding steroid dienone is 11. The quantitative estimate of drug-likeness (QED) is 0.0197. The van der Waals surface area contributed by atoms with Gasteiger partial charge in [0.15, 0.2) is 6.10 Å². The standard InChI is InChI=1S/C60H105O11P/c1-4-7-10-13-16-19-22-25-27-28-30-32-34-37-40-43-46-49-58(62)67-53-57(71-60(64)51-48-45-42-39-36-33-29-26-23-20-17-14-11-8-5-2)55-69-72(65,66)68-54-56(52-61)70-59(63)50-47-44-41-38-35-31-24-21-18-15-12-9-6-3/h8,11,17,20-21,24,26,29,36,39,45,48,56-57,61H,4-7,9-10,12-16,18-19,22-23,25,27-28,30-35,37-38,40-44,46-47,49-55H2,1-3H3,(H,65,66)/b11-8-,20-17-,24-21-,29-26-,39-36-,48-45-. The molecule has 72 heavy (non-hydrogen) atoms. The minimum absolute atomic E-state index is 0.0645. The van der Waals surface area contributed by atoms with Crippen LogP contribution in [0, 0.1) is 0 Å². The van der Waals surface area contributed by atoms with Crippen molar-refractivity contribution in [3.8, 4) is 0 Å². The molecule has 0 aliphatic rings. The van der Waals surface area contributed by atoms with Crippen molar-refractivity contribution < 1.29 is 52.2 Å². The second kappa shape index (κ2) is 54.2. The van der Waals surface area contributed by atoms with Crippen molar-refractivity contribution >= 4 is 25.7 Å². The molecule has 0 heterocycles. The molecule has 416 valence electrons. The fourth-order valence-corrected chi connectivity index (χ4v) is 8.56. The molecule has 0 saturated heterocycles. The van der Waals surface area contributed by atoms with E-state index in [1.807, 2.05) is 12.2 Å². The first kappa shape index (κ1) is 68.9. The Morgan fingerprint density at radius 3 is 1.22 bits per heavy atom. The van der Waals surface area contributed by atoms with Crippen LogP contribution in [0.15, 0.2) is 72.9 Å². The number of carbonyl (C=O) groups excluding carboxylic acids is 3. The predicted octanol–water partition coefficient (Wildman–Crippen LogP) is 16.9. The maximum Gasteiger partial charge on any atom is 0.472 e. The fraction of sp³-hybridized carbons (Fsp3) is 0.750. The molecule has 2 N–H and O–H groups in total. The van der Waals surface area contributed by atoms with Crippen molar-refractivity contribution in [2.45, 2.75) is 264 Å². The van der Waals surface area contributed by atoms with Crippen LogP contribution >= 0.6 is 7.82 Å². The molecule has 0 amide bonds. The molecule has 0 spiro atoms. The van der Waals surface area contributed by atoms with Gasteiger partial charge in [-0.05, 0) is 70.6 Å². The number of ether oxygens (including phenoxy) is 3. The van der Waals surface area contributed by atoms with E-state index in [-0.39, 0.29) is 25.9 Å². The van der Waals surface area contributed by atoms with Gasteiger partial charge in [0.05, 0.1) is 26.2 Å².